The van der Waals surface area contributed by atoms with Gasteiger partial charge in [0.25, 0.3) is 0 Å². The molecule has 0 aromatic carbocycles. The number of nitrogens with zero attached hydrogens (tertiary/aromatic N) is 2. The maximum atomic E-state index is 9.61. The number of aliphatic hydroxyl groups excluding tert-OH is 1. The number of ether oxygens (including phenoxy) is 1. The van der Waals surface area contributed by atoms with Gasteiger partial charge in [0.05, 0.1) is 11.7 Å². The highest BCUT2D eigenvalue weighted by atomic mass is 32.2. The van der Waals surface area contributed by atoms with E-state index in [1.54, 1.807) is 6.20 Å². The van der Waals surface area contributed by atoms with E-state index in [1.807, 2.05) is 11.8 Å². The van der Waals surface area contributed by atoms with Crippen LogP contribution >= 0.6 is 23.5 Å². The molecule has 0 saturated heterocycles. The summed E-state index contributed by atoms with van der Waals surface area (Å²) >= 11 is 2.96. The molecule has 1 rings (SSSR count). The molecule has 1 heterocycles. The third kappa shape index (κ3) is 7.54. The number of hydrogen-bond acceptors (Lipinski definition) is 7. The third-order valence-corrected chi connectivity index (χ3v) is 3.25. The highest BCUT2D eigenvalue weighted by Crippen LogP contribution is 2.05. The SMILES string of the molecule is CSCCCCNCC(O)COc1cnsn1. The highest BCUT2D eigenvalue weighted by molar-refractivity contribution is 7.98. The molecular formula is C10H19N3O2S2. The molecule has 0 radical (unpaired) electrons. The lowest BCUT2D eigenvalue weighted by molar-refractivity contribution is 0.104. The number of hydrogen-bond donors (Lipinski definition) is 2. The van der Waals surface area contributed by atoms with Crippen molar-refractivity contribution in [2.45, 2.75) is 18.9 Å². The van der Waals surface area contributed by atoms with Crippen LogP contribution in [0, 0.1) is 0 Å². The lowest BCUT2D eigenvalue weighted by Crippen LogP contribution is -2.32. The molecule has 0 aliphatic rings. The van der Waals surface area contributed by atoms with Crippen LogP contribution in [-0.2, 0) is 0 Å². The monoisotopic (exact) mass is 277 g/mol. The summed E-state index contributed by atoms with van der Waals surface area (Å²) in [7, 11) is 0. The lowest BCUT2D eigenvalue weighted by Gasteiger charge is -2.11. The van der Waals surface area contributed by atoms with Gasteiger partial charge in [-0.15, -0.1) is 4.37 Å². The van der Waals surface area contributed by atoms with Gasteiger partial charge in [0.15, 0.2) is 0 Å². The van der Waals surface area contributed by atoms with Crippen molar-refractivity contribution in [3.63, 3.8) is 0 Å². The van der Waals surface area contributed by atoms with Crippen LogP contribution in [0.3, 0.4) is 0 Å². The summed E-state index contributed by atoms with van der Waals surface area (Å²) in [6.45, 7) is 1.75. The predicted octanol–water partition coefficient (Wildman–Crippen LogP) is 1.01. The van der Waals surface area contributed by atoms with E-state index in [0.29, 0.717) is 12.4 Å². The molecule has 0 amide bonds. The summed E-state index contributed by atoms with van der Waals surface area (Å²) in [5.41, 5.74) is 0. The summed E-state index contributed by atoms with van der Waals surface area (Å²) in [6.07, 6.45) is 5.52. The molecule has 0 spiro atoms. The number of aromatic nitrogens is 2. The molecule has 0 aliphatic heterocycles. The van der Waals surface area contributed by atoms with E-state index in [-0.39, 0.29) is 6.61 Å². The summed E-state index contributed by atoms with van der Waals surface area (Å²) < 4.78 is 13.0. The van der Waals surface area contributed by atoms with Crippen molar-refractivity contribution in [3.05, 3.63) is 6.20 Å². The van der Waals surface area contributed by atoms with Crippen LogP contribution in [0.15, 0.2) is 6.20 Å². The van der Waals surface area contributed by atoms with E-state index in [0.717, 1.165) is 24.7 Å². The van der Waals surface area contributed by atoms with Crippen LogP contribution in [0.2, 0.25) is 0 Å². The largest absolute Gasteiger partial charge is 0.473 e. The van der Waals surface area contributed by atoms with Gasteiger partial charge in [-0.3, -0.25) is 0 Å². The van der Waals surface area contributed by atoms with Gasteiger partial charge in [-0.25, -0.2) is 0 Å². The molecule has 2 N–H and O–H groups in total. The number of rotatable bonds is 10. The van der Waals surface area contributed by atoms with E-state index in [4.69, 9.17) is 4.74 Å². The Balaban J connectivity index is 1.92. The minimum Gasteiger partial charge on any atom is -0.473 e. The van der Waals surface area contributed by atoms with Gasteiger partial charge in [0, 0.05) is 6.54 Å². The van der Waals surface area contributed by atoms with Crippen LogP contribution in [0.25, 0.3) is 0 Å². The summed E-state index contributed by atoms with van der Waals surface area (Å²) in [5, 5.41) is 12.8. The molecular weight excluding hydrogens is 258 g/mol. The maximum Gasteiger partial charge on any atom is 0.245 e. The van der Waals surface area contributed by atoms with Crippen molar-refractivity contribution in [1.29, 1.82) is 0 Å². The molecule has 1 aromatic rings. The standard InChI is InChI=1S/C10H19N3O2S2/c1-16-5-3-2-4-11-6-9(14)8-15-10-7-12-17-13-10/h7,9,11,14H,2-6,8H2,1H3. The second-order valence-corrected chi connectivity index (χ2v) is 5.16. The van der Waals surface area contributed by atoms with Gasteiger partial charge in [-0.1, -0.05) is 0 Å². The molecule has 7 heteroatoms. The van der Waals surface area contributed by atoms with E-state index < -0.39 is 6.10 Å². The Bertz CT molecular complexity index is 273. The molecule has 5 nitrogen and oxygen atoms in total. The fourth-order valence-corrected chi connectivity index (χ4v) is 2.08. The summed E-state index contributed by atoms with van der Waals surface area (Å²) in [5.74, 6) is 1.68. The minimum atomic E-state index is -0.503. The molecule has 0 aliphatic carbocycles. The molecule has 98 valence electrons. The first-order chi connectivity index (χ1) is 8.33. The van der Waals surface area contributed by atoms with Crippen LogP contribution in [0.1, 0.15) is 12.8 Å². The molecule has 1 aromatic heterocycles. The van der Waals surface area contributed by atoms with Gasteiger partial charge in [0.1, 0.15) is 18.9 Å². The zero-order valence-corrected chi connectivity index (χ0v) is 11.6. The van der Waals surface area contributed by atoms with Gasteiger partial charge in [0.2, 0.25) is 5.88 Å². The Morgan fingerprint density at radius 1 is 1.59 bits per heavy atom. The number of thioether (sulfide) groups is 1. The van der Waals surface area contributed by atoms with Crippen molar-refractivity contribution < 1.29 is 9.84 Å². The molecule has 0 saturated carbocycles. The normalized spacial score (nSPS) is 12.6. The van der Waals surface area contributed by atoms with E-state index >= 15 is 0 Å². The van der Waals surface area contributed by atoms with E-state index in [9.17, 15) is 5.11 Å². The van der Waals surface area contributed by atoms with Crippen molar-refractivity contribution >= 4 is 23.5 Å². The van der Waals surface area contributed by atoms with Crippen LogP contribution < -0.4 is 10.1 Å². The molecule has 0 bridgehead atoms. The summed E-state index contributed by atoms with van der Waals surface area (Å²) in [4.78, 5) is 0. The first-order valence-electron chi connectivity index (χ1n) is 5.61. The van der Waals surface area contributed by atoms with Crippen LogP contribution in [-0.4, -0.2) is 51.7 Å². The number of nitrogens with one attached hydrogen (secondary N) is 1. The predicted molar refractivity (Wildman–Crippen MR) is 71.9 cm³/mol. The summed E-state index contributed by atoms with van der Waals surface area (Å²) in [6, 6.07) is 0. The Morgan fingerprint density at radius 3 is 3.18 bits per heavy atom. The zero-order valence-electron chi connectivity index (χ0n) is 9.96. The van der Waals surface area contributed by atoms with Gasteiger partial charge in [-0.2, -0.15) is 16.1 Å². The minimum absolute atomic E-state index is 0.253. The third-order valence-electron chi connectivity index (χ3n) is 2.10. The topological polar surface area (TPSA) is 67.3 Å². The first kappa shape index (κ1) is 14.7. The average molecular weight is 277 g/mol. The smallest absolute Gasteiger partial charge is 0.245 e. The fourth-order valence-electron chi connectivity index (χ4n) is 1.23. The Kier molecular flexibility index (Phi) is 8.33. The van der Waals surface area contributed by atoms with Crippen molar-refractivity contribution in [1.82, 2.24) is 14.1 Å². The van der Waals surface area contributed by atoms with Gasteiger partial charge in [-0.05, 0) is 31.4 Å². The zero-order chi connectivity index (χ0) is 12.3. The average Bonchev–Trinajstić information content (AvgIpc) is 2.84. The van der Waals surface area contributed by atoms with Gasteiger partial charge < -0.3 is 15.2 Å². The second-order valence-electron chi connectivity index (χ2n) is 3.61. The quantitative estimate of drug-likeness (QED) is 0.622. The van der Waals surface area contributed by atoms with Crippen LogP contribution in [0.5, 0.6) is 5.88 Å². The van der Waals surface area contributed by atoms with Crippen molar-refractivity contribution in [3.8, 4) is 5.88 Å². The number of aliphatic hydroxyl groups is 1. The Morgan fingerprint density at radius 2 is 2.47 bits per heavy atom. The Hall–Kier alpha value is -0.370. The lowest BCUT2D eigenvalue weighted by atomic mass is 10.3. The van der Waals surface area contributed by atoms with Crippen LogP contribution in [0.4, 0.5) is 0 Å². The number of unbranched alkanes of at least 4 members (excludes halogenated alkanes) is 1. The molecule has 1 unspecified atom stereocenters. The molecule has 0 fully saturated rings. The van der Waals surface area contributed by atoms with E-state index in [1.165, 1.54) is 12.2 Å². The van der Waals surface area contributed by atoms with E-state index in [2.05, 4.69) is 20.3 Å². The fraction of sp³-hybridized carbons (Fsp3) is 0.800. The maximum absolute atomic E-state index is 9.61. The Labute approximate surface area is 110 Å². The molecule has 1 atom stereocenters. The molecule has 17 heavy (non-hydrogen) atoms. The van der Waals surface area contributed by atoms with Gasteiger partial charge >= 0.3 is 0 Å². The van der Waals surface area contributed by atoms with Crippen molar-refractivity contribution in [2.75, 3.05) is 31.7 Å². The highest BCUT2D eigenvalue weighted by Gasteiger charge is 2.05. The second kappa shape index (κ2) is 9.64. The first-order valence-corrected chi connectivity index (χ1v) is 7.73. The van der Waals surface area contributed by atoms with Crippen molar-refractivity contribution in [2.24, 2.45) is 0 Å².